The van der Waals surface area contributed by atoms with Crippen LogP contribution in [0.4, 0.5) is 5.69 Å². The van der Waals surface area contributed by atoms with Crippen LogP contribution in [0, 0.1) is 0 Å². The first kappa shape index (κ1) is 18.3. The van der Waals surface area contributed by atoms with Gasteiger partial charge in [-0.2, -0.15) is 0 Å². The molecule has 0 unspecified atom stereocenters. The average molecular weight is 343 g/mol. The molecule has 0 aliphatic heterocycles. The first-order valence-electron chi connectivity index (χ1n) is 8.53. The summed E-state index contributed by atoms with van der Waals surface area (Å²) in [5.74, 6) is 0.714. The van der Waals surface area contributed by atoms with Crippen LogP contribution >= 0.6 is 11.3 Å². The SMILES string of the molecule is CCCCCCCOc1ccc(NC(=O)C=Cc2cccs2)cc1. The fourth-order valence-electron chi connectivity index (χ4n) is 2.26. The molecule has 24 heavy (non-hydrogen) atoms. The Bertz CT molecular complexity index is 618. The van der Waals surface area contributed by atoms with Crippen LogP contribution < -0.4 is 10.1 Å². The smallest absolute Gasteiger partial charge is 0.248 e. The molecular formula is C20H25NO2S. The predicted molar refractivity (Wildman–Crippen MR) is 103 cm³/mol. The van der Waals surface area contributed by atoms with E-state index >= 15 is 0 Å². The van der Waals surface area contributed by atoms with Crippen molar-refractivity contribution in [3.8, 4) is 5.75 Å². The number of ether oxygens (including phenoxy) is 1. The summed E-state index contributed by atoms with van der Waals surface area (Å²) in [4.78, 5) is 12.9. The van der Waals surface area contributed by atoms with E-state index in [0.717, 1.165) is 29.3 Å². The van der Waals surface area contributed by atoms with Crippen LogP contribution in [0.1, 0.15) is 43.9 Å². The van der Waals surface area contributed by atoms with Crippen LogP contribution in [0.5, 0.6) is 5.75 Å². The van der Waals surface area contributed by atoms with Gasteiger partial charge in [0.2, 0.25) is 5.91 Å². The zero-order valence-corrected chi connectivity index (χ0v) is 15.0. The minimum atomic E-state index is -0.131. The lowest BCUT2D eigenvalue weighted by Gasteiger charge is -2.07. The van der Waals surface area contributed by atoms with Gasteiger partial charge in [-0.1, -0.05) is 38.7 Å². The molecule has 1 aromatic heterocycles. The van der Waals surface area contributed by atoms with Crippen molar-refractivity contribution in [3.63, 3.8) is 0 Å². The zero-order chi connectivity index (χ0) is 17.0. The van der Waals surface area contributed by atoms with Crippen molar-refractivity contribution in [2.75, 3.05) is 11.9 Å². The average Bonchev–Trinajstić information content (AvgIpc) is 3.11. The van der Waals surface area contributed by atoms with E-state index in [-0.39, 0.29) is 5.91 Å². The molecule has 0 fully saturated rings. The Morgan fingerprint density at radius 1 is 1.12 bits per heavy atom. The maximum Gasteiger partial charge on any atom is 0.248 e. The molecule has 0 aliphatic rings. The third-order valence-corrected chi connectivity index (χ3v) is 4.42. The summed E-state index contributed by atoms with van der Waals surface area (Å²) >= 11 is 1.60. The molecule has 1 heterocycles. The molecule has 0 saturated carbocycles. The van der Waals surface area contributed by atoms with Crippen molar-refractivity contribution in [2.45, 2.75) is 39.0 Å². The monoisotopic (exact) mass is 343 g/mol. The van der Waals surface area contributed by atoms with Crippen molar-refractivity contribution in [3.05, 3.63) is 52.7 Å². The second-order valence-corrected chi connectivity index (χ2v) is 6.60. The highest BCUT2D eigenvalue weighted by Gasteiger charge is 1.99. The third kappa shape index (κ3) is 7.01. The van der Waals surface area contributed by atoms with Crippen LogP contribution in [0.3, 0.4) is 0 Å². The van der Waals surface area contributed by atoms with Gasteiger partial charge < -0.3 is 10.1 Å². The fraction of sp³-hybridized carbons (Fsp3) is 0.350. The van der Waals surface area contributed by atoms with Gasteiger partial charge in [0.15, 0.2) is 0 Å². The molecule has 0 aliphatic carbocycles. The van der Waals surface area contributed by atoms with Gasteiger partial charge in [-0.3, -0.25) is 4.79 Å². The second-order valence-electron chi connectivity index (χ2n) is 5.63. The topological polar surface area (TPSA) is 38.3 Å². The van der Waals surface area contributed by atoms with E-state index < -0.39 is 0 Å². The Hall–Kier alpha value is -2.07. The van der Waals surface area contributed by atoms with Crippen molar-refractivity contribution in [1.82, 2.24) is 0 Å². The van der Waals surface area contributed by atoms with E-state index in [1.165, 1.54) is 25.7 Å². The predicted octanol–water partition coefficient (Wildman–Crippen LogP) is 5.75. The summed E-state index contributed by atoms with van der Waals surface area (Å²) in [5, 5.41) is 4.83. The van der Waals surface area contributed by atoms with Crippen molar-refractivity contribution < 1.29 is 9.53 Å². The Labute approximate surface area is 148 Å². The maximum atomic E-state index is 11.9. The van der Waals surface area contributed by atoms with Crippen LogP contribution in [0.25, 0.3) is 6.08 Å². The number of rotatable bonds is 10. The molecule has 2 aromatic rings. The number of hydrogen-bond acceptors (Lipinski definition) is 3. The molecule has 3 nitrogen and oxygen atoms in total. The van der Waals surface area contributed by atoms with E-state index in [9.17, 15) is 4.79 Å². The highest BCUT2D eigenvalue weighted by Crippen LogP contribution is 2.17. The van der Waals surface area contributed by atoms with Gasteiger partial charge in [-0.05, 0) is 48.2 Å². The van der Waals surface area contributed by atoms with Gasteiger partial charge in [0.25, 0.3) is 0 Å². The molecule has 0 atom stereocenters. The van der Waals surface area contributed by atoms with E-state index in [2.05, 4.69) is 12.2 Å². The lowest BCUT2D eigenvalue weighted by Crippen LogP contribution is -2.07. The molecule has 1 aromatic carbocycles. The molecule has 4 heteroatoms. The Balaban J connectivity index is 1.70. The maximum absolute atomic E-state index is 11.9. The lowest BCUT2D eigenvalue weighted by atomic mass is 10.2. The number of amides is 1. The Morgan fingerprint density at radius 3 is 2.62 bits per heavy atom. The van der Waals surface area contributed by atoms with E-state index in [1.54, 1.807) is 17.4 Å². The number of benzene rings is 1. The number of hydrogen-bond donors (Lipinski definition) is 1. The second kappa shape index (κ2) is 10.7. The lowest BCUT2D eigenvalue weighted by molar-refractivity contribution is -0.111. The number of unbranched alkanes of at least 4 members (excludes halogenated alkanes) is 4. The summed E-state index contributed by atoms with van der Waals surface area (Å²) in [6.07, 6.45) is 9.52. The van der Waals surface area contributed by atoms with Crippen molar-refractivity contribution in [2.24, 2.45) is 0 Å². The summed E-state index contributed by atoms with van der Waals surface area (Å²) in [7, 11) is 0. The third-order valence-electron chi connectivity index (χ3n) is 3.58. The van der Waals surface area contributed by atoms with Crippen LogP contribution in [-0.2, 0) is 4.79 Å². The first-order valence-corrected chi connectivity index (χ1v) is 9.41. The van der Waals surface area contributed by atoms with Crippen LogP contribution in [-0.4, -0.2) is 12.5 Å². The van der Waals surface area contributed by atoms with Crippen LogP contribution in [0.2, 0.25) is 0 Å². The summed E-state index contributed by atoms with van der Waals surface area (Å²) in [6, 6.07) is 11.5. The highest BCUT2D eigenvalue weighted by molar-refractivity contribution is 7.10. The van der Waals surface area contributed by atoms with Gasteiger partial charge in [-0.25, -0.2) is 0 Å². The standard InChI is InChI=1S/C20H25NO2S/c1-2-3-4-5-6-15-23-18-11-9-17(10-12-18)21-20(22)14-13-19-8-7-16-24-19/h7-14,16H,2-6,15H2,1H3,(H,21,22). The van der Waals surface area contributed by atoms with Gasteiger partial charge in [0.1, 0.15) is 5.75 Å². The van der Waals surface area contributed by atoms with Gasteiger partial charge >= 0.3 is 0 Å². The molecule has 2 rings (SSSR count). The number of thiophene rings is 1. The number of carbonyl (C=O) groups excluding carboxylic acids is 1. The van der Waals surface area contributed by atoms with Gasteiger partial charge in [0, 0.05) is 16.6 Å². The van der Waals surface area contributed by atoms with Crippen molar-refractivity contribution in [1.29, 1.82) is 0 Å². The van der Waals surface area contributed by atoms with E-state index in [0.29, 0.717) is 0 Å². The van der Waals surface area contributed by atoms with Gasteiger partial charge in [0.05, 0.1) is 6.61 Å². The van der Waals surface area contributed by atoms with Crippen LogP contribution in [0.15, 0.2) is 47.9 Å². The van der Waals surface area contributed by atoms with E-state index in [1.807, 2.05) is 47.9 Å². The normalized spacial score (nSPS) is 10.9. The molecule has 0 saturated heterocycles. The van der Waals surface area contributed by atoms with Gasteiger partial charge in [-0.15, -0.1) is 11.3 Å². The minimum absolute atomic E-state index is 0.131. The molecular weight excluding hydrogens is 318 g/mol. The largest absolute Gasteiger partial charge is 0.494 e. The van der Waals surface area contributed by atoms with Crippen molar-refractivity contribution >= 4 is 29.0 Å². The zero-order valence-electron chi connectivity index (χ0n) is 14.2. The fourth-order valence-corrected chi connectivity index (χ4v) is 2.88. The first-order chi connectivity index (χ1) is 11.8. The molecule has 1 amide bonds. The summed E-state index contributed by atoms with van der Waals surface area (Å²) in [5.41, 5.74) is 0.770. The minimum Gasteiger partial charge on any atom is -0.494 e. The molecule has 0 spiro atoms. The van der Waals surface area contributed by atoms with E-state index in [4.69, 9.17) is 4.74 Å². The molecule has 1 N–H and O–H groups in total. The summed E-state index contributed by atoms with van der Waals surface area (Å²) in [6.45, 7) is 2.97. The Morgan fingerprint density at radius 2 is 1.92 bits per heavy atom. The molecule has 0 bridgehead atoms. The summed E-state index contributed by atoms with van der Waals surface area (Å²) < 4.78 is 5.72. The molecule has 128 valence electrons. The Kier molecular flexibility index (Phi) is 8.11. The number of carbonyl (C=O) groups is 1. The molecule has 0 radical (unpaired) electrons. The number of nitrogens with one attached hydrogen (secondary N) is 1. The number of anilines is 1. The highest BCUT2D eigenvalue weighted by atomic mass is 32.1. The quantitative estimate of drug-likeness (QED) is 0.440.